The number of fused-ring (bicyclic) bond motifs is 1. The fourth-order valence-corrected chi connectivity index (χ4v) is 7.15. The van der Waals surface area contributed by atoms with Gasteiger partial charge in [0, 0.05) is 68.2 Å². The van der Waals surface area contributed by atoms with Crippen LogP contribution < -0.4 is 4.74 Å². The largest absolute Gasteiger partial charge is 0.474 e. The monoisotopic (exact) mass is 635 g/mol. The van der Waals surface area contributed by atoms with Crippen LogP contribution in [0.25, 0.3) is 22.3 Å². The van der Waals surface area contributed by atoms with Gasteiger partial charge in [0.15, 0.2) is 0 Å². The van der Waals surface area contributed by atoms with Crippen molar-refractivity contribution < 1.29 is 23.0 Å². The van der Waals surface area contributed by atoms with E-state index in [-0.39, 0.29) is 18.1 Å². The van der Waals surface area contributed by atoms with Gasteiger partial charge >= 0.3 is 6.18 Å². The third kappa shape index (κ3) is 6.19. The number of likely N-dealkylation sites (tertiary alicyclic amines) is 2. The summed E-state index contributed by atoms with van der Waals surface area (Å²) in [5.41, 5.74) is 1.53. The number of nitrogens with zero attached hydrogens (tertiary/aromatic N) is 8. The maximum absolute atomic E-state index is 13.7. The molecule has 4 aromatic rings. The van der Waals surface area contributed by atoms with Gasteiger partial charge in [0.05, 0.1) is 30.5 Å². The summed E-state index contributed by atoms with van der Waals surface area (Å²) in [6.07, 6.45) is 6.58. The molecular weight excluding hydrogens is 599 g/mol. The highest BCUT2D eigenvalue weighted by Crippen LogP contribution is 2.39. The molecule has 0 radical (unpaired) electrons. The minimum Gasteiger partial charge on any atom is -0.474 e. The average molecular weight is 636 g/mol. The third-order valence-corrected chi connectivity index (χ3v) is 9.66. The lowest BCUT2D eigenvalue weighted by molar-refractivity contribution is -0.141. The van der Waals surface area contributed by atoms with E-state index in [9.17, 15) is 23.5 Å². The number of halogens is 3. The molecule has 6 heterocycles. The molecule has 46 heavy (non-hydrogen) atoms. The van der Waals surface area contributed by atoms with Crippen molar-refractivity contribution in [3.8, 4) is 23.2 Å². The number of hydrogen-bond donors (Lipinski definition) is 2. The molecule has 14 heteroatoms. The zero-order valence-electron chi connectivity index (χ0n) is 25.3. The molecule has 3 fully saturated rings. The van der Waals surface area contributed by atoms with Crippen molar-refractivity contribution in [3.63, 3.8) is 0 Å². The first-order valence-electron chi connectivity index (χ1n) is 15.8. The average Bonchev–Trinajstić information content (AvgIpc) is 3.71. The Kier molecular flexibility index (Phi) is 8.16. The van der Waals surface area contributed by atoms with Crippen molar-refractivity contribution in [2.24, 2.45) is 0 Å². The van der Waals surface area contributed by atoms with Crippen LogP contribution >= 0.6 is 0 Å². The highest BCUT2D eigenvalue weighted by atomic mass is 19.4. The van der Waals surface area contributed by atoms with Gasteiger partial charge in [-0.3, -0.25) is 14.5 Å². The number of ether oxygens (including phenoxy) is 1. The SMILES string of the molecule is N#CCC1(n2cc(-c3ncnc4[nH]ccc34)cn2)CN([C@H]2CC[C@@H](Oc3cc(CN4CCC(O)CC4)cc(C(F)(F)F)n3)CC2)C1. The van der Waals surface area contributed by atoms with Crippen molar-refractivity contribution in [1.29, 1.82) is 5.26 Å². The maximum atomic E-state index is 13.7. The summed E-state index contributed by atoms with van der Waals surface area (Å²) in [7, 11) is 0. The van der Waals surface area contributed by atoms with E-state index in [4.69, 9.17) is 4.74 Å². The molecule has 0 aromatic carbocycles. The molecule has 2 aliphatic heterocycles. The lowest BCUT2D eigenvalue weighted by Gasteiger charge is -2.53. The minimum atomic E-state index is -4.57. The first-order chi connectivity index (χ1) is 22.2. The molecule has 1 saturated carbocycles. The topological polar surface area (TPSA) is 132 Å². The van der Waals surface area contributed by atoms with Gasteiger partial charge in [-0.25, -0.2) is 15.0 Å². The summed E-state index contributed by atoms with van der Waals surface area (Å²) in [6, 6.07) is 7.30. The van der Waals surface area contributed by atoms with Crippen molar-refractivity contribution in [3.05, 3.63) is 54.4 Å². The Balaban J connectivity index is 0.976. The highest BCUT2D eigenvalue weighted by molar-refractivity contribution is 5.90. The molecule has 3 aliphatic rings. The molecule has 2 N–H and O–H groups in total. The van der Waals surface area contributed by atoms with Crippen molar-refractivity contribution in [2.75, 3.05) is 26.2 Å². The van der Waals surface area contributed by atoms with E-state index >= 15 is 0 Å². The second-order valence-electron chi connectivity index (χ2n) is 12.9. The second kappa shape index (κ2) is 12.3. The Bertz CT molecular complexity index is 1710. The smallest absolute Gasteiger partial charge is 0.433 e. The van der Waals surface area contributed by atoms with Crippen LogP contribution in [-0.4, -0.2) is 89.1 Å². The second-order valence-corrected chi connectivity index (χ2v) is 12.9. The Labute approximate surface area is 264 Å². The molecule has 11 nitrogen and oxygen atoms in total. The lowest BCUT2D eigenvalue weighted by atomic mass is 9.82. The number of pyridine rings is 1. The summed E-state index contributed by atoms with van der Waals surface area (Å²) in [5.74, 6) is 0.0115. The molecule has 4 aromatic heterocycles. The van der Waals surface area contributed by atoms with Crippen molar-refractivity contribution in [2.45, 2.75) is 81.5 Å². The van der Waals surface area contributed by atoms with Gasteiger partial charge < -0.3 is 14.8 Å². The van der Waals surface area contributed by atoms with Gasteiger partial charge in [0.2, 0.25) is 5.88 Å². The highest BCUT2D eigenvalue weighted by Gasteiger charge is 2.48. The summed E-state index contributed by atoms with van der Waals surface area (Å²) < 4.78 is 49.1. The molecule has 0 unspecified atom stereocenters. The quantitative estimate of drug-likeness (QED) is 0.287. The molecule has 2 saturated heterocycles. The summed E-state index contributed by atoms with van der Waals surface area (Å²) in [5, 5.41) is 25.0. The van der Waals surface area contributed by atoms with Crippen LogP contribution in [0.5, 0.6) is 5.88 Å². The molecule has 1 aliphatic carbocycles. The lowest BCUT2D eigenvalue weighted by Crippen LogP contribution is -2.65. The van der Waals surface area contributed by atoms with Crippen LogP contribution in [0.1, 0.15) is 56.2 Å². The van der Waals surface area contributed by atoms with Gasteiger partial charge in [-0.05, 0) is 56.2 Å². The van der Waals surface area contributed by atoms with Crippen LogP contribution in [0.15, 0.2) is 43.1 Å². The number of aromatic amines is 1. The third-order valence-electron chi connectivity index (χ3n) is 9.66. The van der Waals surface area contributed by atoms with E-state index in [0.29, 0.717) is 76.4 Å². The number of rotatable bonds is 8. The van der Waals surface area contributed by atoms with E-state index in [1.807, 2.05) is 23.1 Å². The number of hydrogen-bond acceptors (Lipinski definition) is 9. The predicted octanol–water partition coefficient (Wildman–Crippen LogP) is 4.51. The number of aliphatic hydroxyl groups is 1. The molecule has 0 amide bonds. The van der Waals surface area contributed by atoms with Gasteiger partial charge in [-0.2, -0.15) is 23.5 Å². The van der Waals surface area contributed by atoms with E-state index in [2.05, 4.69) is 40.9 Å². The van der Waals surface area contributed by atoms with Crippen LogP contribution in [-0.2, 0) is 18.3 Å². The number of aromatic nitrogens is 6. The first kappa shape index (κ1) is 30.6. The molecule has 242 valence electrons. The van der Waals surface area contributed by atoms with Crippen molar-refractivity contribution >= 4 is 11.0 Å². The Morgan fingerprint density at radius 2 is 1.87 bits per heavy atom. The zero-order chi connectivity index (χ0) is 31.9. The molecule has 0 spiro atoms. The molecule has 0 atom stereocenters. The fraction of sp³-hybridized carbons (Fsp3) is 0.531. The van der Waals surface area contributed by atoms with Crippen LogP contribution in [0.4, 0.5) is 13.2 Å². The Hall–Kier alpha value is -4.06. The maximum Gasteiger partial charge on any atom is 0.433 e. The fourth-order valence-electron chi connectivity index (χ4n) is 7.15. The molecule has 0 bridgehead atoms. The van der Waals surface area contributed by atoms with Crippen molar-refractivity contribution in [1.82, 2.24) is 39.5 Å². The first-order valence-corrected chi connectivity index (χ1v) is 15.8. The van der Waals surface area contributed by atoms with Crippen LogP contribution in [0, 0.1) is 11.3 Å². The predicted molar refractivity (Wildman–Crippen MR) is 161 cm³/mol. The summed E-state index contributed by atoms with van der Waals surface area (Å²) >= 11 is 0. The van der Waals surface area contributed by atoms with E-state index in [1.54, 1.807) is 12.3 Å². The number of aliphatic hydroxyl groups excluding tert-OH is 1. The van der Waals surface area contributed by atoms with Crippen LogP contribution in [0.2, 0.25) is 0 Å². The van der Waals surface area contributed by atoms with Gasteiger partial charge in [-0.1, -0.05) is 0 Å². The molecule has 7 rings (SSSR count). The van der Waals surface area contributed by atoms with E-state index in [0.717, 1.165) is 41.2 Å². The summed E-state index contributed by atoms with van der Waals surface area (Å²) in [4.78, 5) is 20.1. The van der Waals surface area contributed by atoms with E-state index in [1.165, 1.54) is 6.33 Å². The van der Waals surface area contributed by atoms with Crippen LogP contribution in [0.3, 0.4) is 0 Å². The molecular formula is C32H36F3N9O2. The minimum absolute atomic E-state index is 0.0115. The van der Waals surface area contributed by atoms with Gasteiger partial charge in [0.25, 0.3) is 0 Å². The number of nitrogens with one attached hydrogen (secondary N) is 1. The van der Waals surface area contributed by atoms with Gasteiger partial charge in [0.1, 0.15) is 29.3 Å². The Morgan fingerprint density at radius 1 is 1.09 bits per heavy atom. The van der Waals surface area contributed by atoms with E-state index < -0.39 is 17.4 Å². The summed E-state index contributed by atoms with van der Waals surface area (Å²) in [6.45, 7) is 3.00. The zero-order valence-corrected chi connectivity index (χ0v) is 25.3. The Morgan fingerprint density at radius 3 is 2.61 bits per heavy atom. The number of piperidine rings is 1. The number of nitriles is 1. The normalized spacial score (nSPS) is 22.8. The number of H-pyrrole nitrogens is 1. The number of alkyl halides is 3. The van der Waals surface area contributed by atoms with Gasteiger partial charge in [-0.15, -0.1) is 0 Å². The standard InChI is InChI=1S/C32H36F3N9O2/c33-32(34,35)27-13-21(16-42-11-6-24(45)7-12-42)14-28(41-27)46-25-3-1-23(2-4-25)43-18-31(19-43,8-9-36)44-17-22(15-40-44)29-26-5-10-37-30(26)39-20-38-29/h5,10,13-15,17,20,23-25,45H,1-4,6-8,11-12,16,18-19H2,(H,37,38,39)/t23-,25+.